The molecule has 0 N–H and O–H groups in total. The first-order valence-corrected chi connectivity index (χ1v) is 10.4. The van der Waals surface area contributed by atoms with E-state index in [0.717, 1.165) is 35.7 Å². The van der Waals surface area contributed by atoms with Crippen LogP contribution >= 0.6 is 0 Å². The number of hydrogen-bond donors (Lipinski definition) is 0. The van der Waals surface area contributed by atoms with Crippen LogP contribution < -0.4 is 19.3 Å². The van der Waals surface area contributed by atoms with Gasteiger partial charge in [-0.05, 0) is 23.8 Å². The third-order valence-corrected chi connectivity index (χ3v) is 5.79. The third-order valence-electron chi connectivity index (χ3n) is 5.79. The molecule has 1 aromatic heterocycles. The largest absolute Gasteiger partial charge is 0.497 e. The van der Waals surface area contributed by atoms with Crippen molar-refractivity contribution >= 4 is 23.2 Å². The quantitative estimate of drug-likeness (QED) is 0.733. The number of rotatable bonds is 5. The summed E-state index contributed by atoms with van der Waals surface area (Å²) in [6.07, 6.45) is 1.87. The predicted molar refractivity (Wildman–Crippen MR) is 117 cm³/mol. The number of morpholine rings is 1. The fourth-order valence-corrected chi connectivity index (χ4v) is 4.19. The van der Waals surface area contributed by atoms with Gasteiger partial charge in [-0.25, -0.2) is 9.78 Å². The molecule has 0 unspecified atom stereocenters. The number of urea groups is 1. The van der Waals surface area contributed by atoms with E-state index in [-0.39, 0.29) is 6.03 Å². The van der Waals surface area contributed by atoms with Crippen LogP contribution in [0.5, 0.6) is 11.5 Å². The van der Waals surface area contributed by atoms with Crippen molar-refractivity contribution in [2.75, 3.05) is 63.4 Å². The molecule has 0 radical (unpaired) electrons. The van der Waals surface area contributed by atoms with Gasteiger partial charge in [0, 0.05) is 25.7 Å². The number of carbonyl (C=O) groups excluding carboxylic acids is 1. The van der Waals surface area contributed by atoms with Gasteiger partial charge >= 0.3 is 6.03 Å². The number of hydrogen-bond acceptors (Lipinski definition) is 7. The number of aliphatic imine (C=N–C) groups is 1. The molecule has 2 aromatic rings. The molecule has 0 spiro atoms. The van der Waals surface area contributed by atoms with Crippen LogP contribution in [0.15, 0.2) is 35.5 Å². The van der Waals surface area contributed by atoms with E-state index in [1.54, 1.807) is 24.0 Å². The Morgan fingerprint density at radius 2 is 1.77 bits per heavy atom. The number of methoxy groups -OCH3 is 2. The number of amides is 2. The minimum atomic E-state index is -0.0912. The molecule has 31 heavy (non-hydrogen) atoms. The standard InChI is InChI=1S/C22H25N5O4/c1-29-17-9-15(10-18(12-17)30-2)14-27-19-11-16(25-5-7-31-8-6-25)13-24-20(19)21-23-3-4-26(21)22(27)28/h9-13H,3-8,14H2,1-2H3. The maximum absolute atomic E-state index is 13.4. The van der Waals surface area contributed by atoms with Gasteiger partial charge < -0.3 is 19.1 Å². The van der Waals surface area contributed by atoms with E-state index in [1.807, 2.05) is 30.5 Å². The van der Waals surface area contributed by atoms with Crippen molar-refractivity contribution < 1.29 is 19.0 Å². The lowest BCUT2D eigenvalue weighted by Gasteiger charge is -2.36. The Hall–Kier alpha value is -3.33. The van der Waals surface area contributed by atoms with Crippen molar-refractivity contribution in [2.45, 2.75) is 6.54 Å². The van der Waals surface area contributed by atoms with Gasteiger partial charge in [0.15, 0.2) is 5.84 Å². The highest BCUT2D eigenvalue weighted by Crippen LogP contribution is 2.35. The van der Waals surface area contributed by atoms with Gasteiger partial charge in [0.25, 0.3) is 0 Å². The highest BCUT2D eigenvalue weighted by molar-refractivity contribution is 6.19. The van der Waals surface area contributed by atoms with Gasteiger partial charge in [0.05, 0.1) is 58.1 Å². The molecule has 162 valence electrons. The van der Waals surface area contributed by atoms with Gasteiger partial charge in [0.2, 0.25) is 0 Å². The predicted octanol–water partition coefficient (Wildman–Crippen LogP) is 2.14. The Labute approximate surface area is 180 Å². The zero-order chi connectivity index (χ0) is 21.4. The molecule has 0 saturated carbocycles. The van der Waals surface area contributed by atoms with E-state index in [4.69, 9.17) is 19.2 Å². The van der Waals surface area contributed by atoms with Crippen molar-refractivity contribution in [3.63, 3.8) is 0 Å². The number of pyridine rings is 1. The average molecular weight is 423 g/mol. The van der Waals surface area contributed by atoms with Crippen LogP contribution in [-0.2, 0) is 11.3 Å². The summed E-state index contributed by atoms with van der Waals surface area (Å²) in [7, 11) is 3.23. The third kappa shape index (κ3) is 3.54. The van der Waals surface area contributed by atoms with Gasteiger partial charge in [-0.3, -0.25) is 14.8 Å². The first-order valence-electron chi connectivity index (χ1n) is 10.4. The molecule has 1 saturated heterocycles. The Balaban J connectivity index is 1.55. The van der Waals surface area contributed by atoms with Crippen LogP contribution in [0.25, 0.3) is 0 Å². The lowest BCUT2D eigenvalue weighted by atomic mass is 10.1. The van der Waals surface area contributed by atoms with Crippen molar-refractivity contribution in [3.8, 4) is 11.5 Å². The highest BCUT2D eigenvalue weighted by atomic mass is 16.5. The number of fused-ring (bicyclic) bond motifs is 3. The second kappa shape index (κ2) is 8.07. The topological polar surface area (TPSA) is 79.7 Å². The summed E-state index contributed by atoms with van der Waals surface area (Å²) < 4.78 is 16.3. The molecule has 0 bridgehead atoms. The van der Waals surface area contributed by atoms with Crippen LogP contribution in [0, 0.1) is 0 Å². The maximum atomic E-state index is 13.4. The molecule has 2 amide bonds. The molecular weight excluding hydrogens is 398 g/mol. The first-order chi connectivity index (χ1) is 15.2. The maximum Gasteiger partial charge on any atom is 0.330 e. The summed E-state index contributed by atoms with van der Waals surface area (Å²) >= 11 is 0. The van der Waals surface area contributed by atoms with E-state index < -0.39 is 0 Å². The Bertz CT molecular complexity index is 1010. The van der Waals surface area contributed by atoms with Crippen molar-refractivity contribution in [3.05, 3.63) is 41.7 Å². The number of amidine groups is 1. The molecule has 5 rings (SSSR count). The van der Waals surface area contributed by atoms with Gasteiger partial charge in [-0.2, -0.15) is 0 Å². The molecule has 9 nitrogen and oxygen atoms in total. The van der Waals surface area contributed by atoms with Crippen LogP contribution in [-0.4, -0.2) is 75.4 Å². The minimum Gasteiger partial charge on any atom is -0.497 e. The van der Waals surface area contributed by atoms with Crippen LogP contribution in [0.3, 0.4) is 0 Å². The van der Waals surface area contributed by atoms with E-state index >= 15 is 0 Å². The first kappa shape index (κ1) is 19.6. The van der Waals surface area contributed by atoms with Gasteiger partial charge in [0.1, 0.15) is 17.2 Å². The molecular formula is C22H25N5O4. The number of benzene rings is 1. The second-order valence-corrected chi connectivity index (χ2v) is 7.61. The SMILES string of the molecule is COc1cc(CN2C(=O)N3CCN=C3c3ncc(N4CCOCC4)cc32)cc(OC)c1. The zero-order valence-corrected chi connectivity index (χ0v) is 17.7. The summed E-state index contributed by atoms with van der Waals surface area (Å²) in [4.78, 5) is 28.4. The summed E-state index contributed by atoms with van der Waals surface area (Å²) in [6.45, 7) is 4.50. The van der Waals surface area contributed by atoms with Crippen LogP contribution in [0.4, 0.5) is 16.2 Å². The Morgan fingerprint density at radius 3 is 2.48 bits per heavy atom. The van der Waals surface area contributed by atoms with Crippen LogP contribution in [0.2, 0.25) is 0 Å². The number of carbonyl (C=O) groups is 1. The summed E-state index contributed by atoms with van der Waals surface area (Å²) in [5, 5.41) is 0. The van der Waals surface area contributed by atoms with Crippen molar-refractivity contribution in [1.82, 2.24) is 9.88 Å². The van der Waals surface area contributed by atoms with E-state index in [2.05, 4.69) is 9.89 Å². The fraction of sp³-hybridized carbons (Fsp3) is 0.409. The average Bonchev–Trinajstić information content (AvgIpc) is 3.32. The summed E-state index contributed by atoms with van der Waals surface area (Å²) in [5.41, 5.74) is 3.40. The molecule has 0 atom stereocenters. The van der Waals surface area contributed by atoms with Crippen LogP contribution in [0.1, 0.15) is 11.3 Å². The molecule has 9 heteroatoms. The molecule has 0 aliphatic carbocycles. The molecule has 3 aliphatic rings. The molecule has 1 fully saturated rings. The fourth-order valence-electron chi connectivity index (χ4n) is 4.19. The second-order valence-electron chi connectivity index (χ2n) is 7.61. The highest BCUT2D eigenvalue weighted by Gasteiger charge is 2.38. The van der Waals surface area contributed by atoms with E-state index in [9.17, 15) is 4.79 Å². The monoisotopic (exact) mass is 423 g/mol. The number of ether oxygens (including phenoxy) is 3. The number of aromatic nitrogens is 1. The Morgan fingerprint density at radius 1 is 1.03 bits per heavy atom. The number of anilines is 2. The molecule has 4 heterocycles. The van der Waals surface area contributed by atoms with E-state index in [0.29, 0.717) is 50.2 Å². The van der Waals surface area contributed by atoms with Gasteiger partial charge in [-0.15, -0.1) is 0 Å². The van der Waals surface area contributed by atoms with Crippen molar-refractivity contribution in [1.29, 1.82) is 0 Å². The van der Waals surface area contributed by atoms with E-state index in [1.165, 1.54) is 0 Å². The normalized spacial score (nSPS) is 17.9. The Kier molecular flexibility index (Phi) is 5.11. The smallest absolute Gasteiger partial charge is 0.330 e. The molecule has 1 aromatic carbocycles. The van der Waals surface area contributed by atoms with Gasteiger partial charge in [-0.1, -0.05) is 0 Å². The summed E-state index contributed by atoms with van der Waals surface area (Å²) in [6, 6.07) is 7.61. The lowest BCUT2D eigenvalue weighted by molar-refractivity contribution is 0.122. The lowest BCUT2D eigenvalue weighted by Crippen LogP contribution is -2.50. The number of nitrogens with zero attached hydrogens (tertiary/aromatic N) is 5. The minimum absolute atomic E-state index is 0.0912. The van der Waals surface area contributed by atoms with Crippen molar-refractivity contribution in [2.24, 2.45) is 4.99 Å². The molecule has 3 aliphatic heterocycles. The zero-order valence-electron chi connectivity index (χ0n) is 17.7. The summed E-state index contributed by atoms with van der Waals surface area (Å²) in [5.74, 6) is 2.03.